The molecule has 0 bridgehead atoms. The number of carboxylic acids is 2. The Hall–Kier alpha value is -1.89. The maximum atomic E-state index is 10.9. The maximum Gasteiger partial charge on any atom is 0.328 e. The van der Waals surface area contributed by atoms with Gasteiger partial charge in [0, 0.05) is 18.1 Å². The Bertz CT molecular complexity index is 370. The van der Waals surface area contributed by atoms with Gasteiger partial charge in [-0.25, -0.2) is 4.79 Å². The second-order valence-corrected chi connectivity index (χ2v) is 3.34. The molecule has 1 rings (SSSR count). The van der Waals surface area contributed by atoms with Gasteiger partial charge in [-0.15, -0.1) is 0 Å². The standard InChI is InChI=1S/C9H10O7/c10-6(11)1-2-9(15)5(3-7(12)13)4-8(14)16-9/h3,15H,1-2,4H2,(H,10,11)(H,12,13). The van der Waals surface area contributed by atoms with Crippen LogP contribution in [0.2, 0.25) is 0 Å². The van der Waals surface area contributed by atoms with Gasteiger partial charge in [-0.05, 0) is 0 Å². The number of carboxylic acid groups (broad SMARTS) is 2. The van der Waals surface area contributed by atoms with E-state index in [1.54, 1.807) is 0 Å². The molecule has 3 N–H and O–H groups in total. The molecule has 1 atom stereocenters. The summed E-state index contributed by atoms with van der Waals surface area (Å²) >= 11 is 0. The summed E-state index contributed by atoms with van der Waals surface area (Å²) in [4.78, 5) is 31.7. The van der Waals surface area contributed by atoms with Crippen molar-refractivity contribution in [3.8, 4) is 0 Å². The van der Waals surface area contributed by atoms with E-state index in [1.165, 1.54) is 0 Å². The van der Waals surface area contributed by atoms with Crippen LogP contribution in [0.4, 0.5) is 0 Å². The van der Waals surface area contributed by atoms with Crippen LogP contribution in [-0.4, -0.2) is 39.0 Å². The molecule has 0 aromatic rings. The molecule has 7 nitrogen and oxygen atoms in total. The van der Waals surface area contributed by atoms with Crippen molar-refractivity contribution < 1.29 is 34.4 Å². The molecular weight excluding hydrogens is 220 g/mol. The van der Waals surface area contributed by atoms with E-state index in [0.29, 0.717) is 6.08 Å². The first-order chi connectivity index (χ1) is 7.33. The van der Waals surface area contributed by atoms with Crippen LogP contribution in [0, 0.1) is 0 Å². The first-order valence-electron chi connectivity index (χ1n) is 4.43. The Balaban J connectivity index is 2.86. The molecule has 1 fully saturated rings. The average Bonchev–Trinajstić information content (AvgIpc) is 2.38. The van der Waals surface area contributed by atoms with E-state index in [1.807, 2.05) is 0 Å². The van der Waals surface area contributed by atoms with Crippen LogP contribution in [0.3, 0.4) is 0 Å². The van der Waals surface area contributed by atoms with Gasteiger partial charge in [-0.3, -0.25) is 9.59 Å². The molecule has 0 aromatic heterocycles. The first kappa shape index (κ1) is 12.2. The minimum atomic E-state index is -2.10. The number of esters is 1. The molecule has 1 aliphatic heterocycles. The van der Waals surface area contributed by atoms with E-state index in [-0.39, 0.29) is 18.4 Å². The normalized spacial score (nSPS) is 26.8. The fraction of sp³-hybridized carbons (Fsp3) is 0.444. The lowest BCUT2D eigenvalue weighted by atomic mass is 10.0. The van der Waals surface area contributed by atoms with E-state index in [2.05, 4.69) is 4.74 Å². The maximum absolute atomic E-state index is 10.9. The van der Waals surface area contributed by atoms with E-state index >= 15 is 0 Å². The highest BCUT2D eigenvalue weighted by Crippen LogP contribution is 2.33. The lowest BCUT2D eigenvalue weighted by molar-refractivity contribution is -0.182. The molecule has 0 radical (unpaired) electrons. The van der Waals surface area contributed by atoms with Gasteiger partial charge in [0.1, 0.15) is 0 Å². The van der Waals surface area contributed by atoms with Gasteiger partial charge >= 0.3 is 17.9 Å². The van der Waals surface area contributed by atoms with Crippen molar-refractivity contribution in [2.24, 2.45) is 0 Å². The highest BCUT2D eigenvalue weighted by atomic mass is 16.7. The molecule has 16 heavy (non-hydrogen) atoms. The van der Waals surface area contributed by atoms with Gasteiger partial charge in [-0.2, -0.15) is 0 Å². The van der Waals surface area contributed by atoms with Gasteiger partial charge in [-0.1, -0.05) is 0 Å². The minimum absolute atomic E-state index is 0.133. The number of carbonyl (C=O) groups is 3. The Labute approximate surface area is 89.9 Å². The molecule has 1 aliphatic rings. The second-order valence-electron chi connectivity index (χ2n) is 3.34. The van der Waals surface area contributed by atoms with Crippen LogP contribution >= 0.6 is 0 Å². The first-order valence-corrected chi connectivity index (χ1v) is 4.43. The summed E-state index contributed by atoms with van der Waals surface area (Å²) in [7, 11) is 0. The molecule has 0 saturated carbocycles. The van der Waals surface area contributed by atoms with Gasteiger partial charge < -0.3 is 20.1 Å². The van der Waals surface area contributed by atoms with Crippen LogP contribution in [0.5, 0.6) is 0 Å². The van der Waals surface area contributed by atoms with Crippen molar-refractivity contribution in [3.63, 3.8) is 0 Å². The number of rotatable bonds is 4. The van der Waals surface area contributed by atoms with Crippen molar-refractivity contribution >= 4 is 17.9 Å². The van der Waals surface area contributed by atoms with Gasteiger partial charge in [0.25, 0.3) is 0 Å². The molecule has 1 unspecified atom stereocenters. The highest BCUT2D eigenvalue weighted by Gasteiger charge is 2.43. The van der Waals surface area contributed by atoms with Crippen LogP contribution in [0.1, 0.15) is 19.3 Å². The summed E-state index contributed by atoms with van der Waals surface area (Å²) in [5.74, 6) is -5.39. The fourth-order valence-corrected chi connectivity index (χ4v) is 1.38. The van der Waals surface area contributed by atoms with Crippen molar-refractivity contribution in [3.05, 3.63) is 11.6 Å². The zero-order chi connectivity index (χ0) is 12.3. The Morgan fingerprint density at radius 2 is 2.06 bits per heavy atom. The number of cyclic esters (lactones) is 1. The van der Waals surface area contributed by atoms with Crippen molar-refractivity contribution in [2.75, 3.05) is 0 Å². The second kappa shape index (κ2) is 4.31. The lowest BCUT2D eigenvalue weighted by Gasteiger charge is -2.21. The van der Waals surface area contributed by atoms with E-state index in [9.17, 15) is 19.5 Å². The largest absolute Gasteiger partial charge is 0.481 e. The Kier molecular flexibility index (Phi) is 3.28. The third-order valence-electron chi connectivity index (χ3n) is 2.09. The number of hydrogen-bond donors (Lipinski definition) is 3. The van der Waals surface area contributed by atoms with Gasteiger partial charge in [0.2, 0.25) is 5.79 Å². The monoisotopic (exact) mass is 230 g/mol. The van der Waals surface area contributed by atoms with Gasteiger partial charge in [0.05, 0.1) is 12.8 Å². The van der Waals surface area contributed by atoms with Crippen LogP contribution in [0.25, 0.3) is 0 Å². The zero-order valence-electron chi connectivity index (χ0n) is 8.17. The molecule has 0 spiro atoms. The van der Waals surface area contributed by atoms with Crippen molar-refractivity contribution in [2.45, 2.75) is 25.0 Å². The molecular formula is C9H10O7. The number of aliphatic hydroxyl groups is 1. The summed E-state index contributed by atoms with van der Waals surface area (Å²) in [6, 6.07) is 0. The summed E-state index contributed by atoms with van der Waals surface area (Å²) in [5, 5.41) is 26.7. The molecule has 7 heteroatoms. The average molecular weight is 230 g/mol. The topological polar surface area (TPSA) is 121 Å². The van der Waals surface area contributed by atoms with Crippen LogP contribution < -0.4 is 0 Å². The summed E-state index contributed by atoms with van der Waals surface area (Å²) in [5.41, 5.74) is -0.133. The zero-order valence-corrected chi connectivity index (χ0v) is 8.17. The smallest absolute Gasteiger partial charge is 0.328 e. The van der Waals surface area contributed by atoms with Gasteiger partial charge in [0.15, 0.2) is 0 Å². The summed E-state index contributed by atoms with van der Waals surface area (Å²) in [6.45, 7) is 0. The van der Waals surface area contributed by atoms with Crippen molar-refractivity contribution in [1.82, 2.24) is 0 Å². The predicted octanol–water partition coefficient (Wildman–Crippen LogP) is -0.502. The summed E-state index contributed by atoms with van der Waals surface area (Å²) in [6.07, 6.45) is -0.483. The molecule has 88 valence electrons. The molecule has 1 saturated heterocycles. The minimum Gasteiger partial charge on any atom is -0.481 e. The molecule has 0 amide bonds. The number of ether oxygens (including phenoxy) is 1. The lowest BCUT2D eigenvalue weighted by Crippen LogP contribution is -2.31. The highest BCUT2D eigenvalue weighted by molar-refractivity contribution is 5.85. The third-order valence-corrected chi connectivity index (χ3v) is 2.09. The van der Waals surface area contributed by atoms with E-state index < -0.39 is 30.1 Å². The quantitative estimate of drug-likeness (QED) is 0.439. The SMILES string of the molecule is O=C(O)C=C1CC(=O)OC1(O)CCC(=O)O. The number of carbonyl (C=O) groups excluding carboxylic acids is 1. The molecule has 0 aliphatic carbocycles. The van der Waals surface area contributed by atoms with Crippen LogP contribution in [-0.2, 0) is 19.1 Å². The fourth-order valence-electron chi connectivity index (χ4n) is 1.38. The number of aliphatic carboxylic acids is 2. The Morgan fingerprint density at radius 3 is 2.56 bits per heavy atom. The van der Waals surface area contributed by atoms with Crippen LogP contribution in [0.15, 0.2) is 11.6 Å². The van der Waals surface area contributed by atoms with E-state index in [4.69, 9.17) is 10.2 Å². The Morgan fingerprint density at radius 1 is 1.44 bits per heavy atom. The van der Waals surface area contributed by atoms with Crippen molar-refractivity contribution in [1.29, 1.82) is 0 Å². The summed E-state index contributed by atoms with van der Waals surface area (Å²) < 4.78 is 4.53. The molecule has 1 heterocycles. The predicted molar refractivity (Wildman–Crippen MR) is 48.2 cm³/mol. The number of hydrogen-bond acceptors (Lipinski definition) is 5. The van der Waals surface area contributed by atoms with E-state index in [0.717, 1.165) is 0 Å². The third kappa shape index (κ3) is 2.80. The molecule has 0 aromatic carbocycles.